The molecule has 0 saturated carbocycles. The fourth-order valence-electron chi connectivity index (χ4n) is 2.46. The lowest BCUT2D eigenvalue weighted by atomic mass is 10.1. The normalized spacial score (nSPS) is 13.6. The van der Waals surface area contributed by atoms with Crippen LogP contribution in [0.3, 0.4) is 0 Å². The van der Waals surface area contributed by atoms with E-state index in [1.54, 1.807) is 0 Å². The Morgan fingerprint density at radius 2 is 1.91 bits per heavy atom. The molecule has 0 atom stereocenters. The molecule has 0 aliphatic carbocycles. The molecule has 1 aliphatic rings. The molecule has 1 aromatic carbocycles. The van der Waals surface area contributed by atoms with Gasteiger partial charge >= 0.3 is 0 Å². The van der Waals surface area contributed by atoms with E-state index < -0.39 is 29.0 Å². The Bertz CT molecular complexity index is 790. The number of rotatable bonds is 2. The van der Waals surface area contributed by atoms with Crippen molar-refractivity contribution in [3.63, 3.8) is 0 Å². The molecule has 8 heteroatoms. The Labute approximate surface area is 130 Å². The fraction of sp³-hybridized carbons (Fsp3) is 0.200. The summed E-state index contributed by atoms with van der Waals surface area (Å²) in [7, 11) is 0. The molecule has 0 bridgehead atoms. The summed E-state index contributed by atoms with van der Waals surface area (Å²) in [4.78, 5) is 32.6. The van der Waals surface area contributed by atoms with Crippen molar-refractivity contribution in [2.75, 3.05) is 6.54 Å². The molecule has 3 rings (SSSR count). The predicted molar refractivity (Wildman–Crippen MR) is 75.4 cm³/mol. The summed E-state index contributed by atoms with van der Waals surface area (Å²) in [5.41, 5.74) is 5.75. The van der Waals surface area contributed by atoms with E-state index in [0.717, 1.165) is 17.7 Å². The molecule has 0 radical (unpaired) electrons. The second-order valence-electron chi connectivity index (χ2n) is 5.10. The Balaban J connectivity index is 1.91. The maximum absolute atomic E-state index is 13.7. The molecule has 0 spiro atoms. The van der Waals surface area contributed by atoms with Crippen molar-refractivity contribution in [3.8, 4) is 0 Å². The molecule has 2 N–H and O–H groups in total. The van der Waals surface area contributed by atoms with Gasteiger partial charge in [-0.2, -0.15) is 0 Å². The molecule has 1 aromatic heterocycles. The van der Waals surface area contributed by atoms with Crippen LogP contribution >= 0.6 is 0 Å². The summed E-state index contributed by atoms with van der Waals surface area (Å²) in [6, 6.07) is 3.25. The summed E-state index contributed by atoms with van der Waals surface area (Å²) in [5, 5.41) is 0. The van der Waals surface area contributed by atoms with E-state index >= 15 is 0 Å². The molecule has 0 unspecified atom stereocenters. The van der Waals surface area contributed by atoms with E-state index in [4.69, 9.17) is 5.73 Å². The maximum Gasteiger partial charge on any atom is 0.286 e. The molecule has 2 amide bonds. The van der Waals surface area contributed by atoms with Crippen LogP contribution in [0.4, 0.5) is 8.78 Å². The Kier molecular flexibility index (Phi) is 3.73. The molecule has 118 valence electrons. The lowest BCUT2D eigenvalue weighted by molar-refractivity contribution is 0.0721. The van der Waals surface area contributed by atoms with Gasteiger partial charge in [-0.25, -0.2) is 18.7 Å². The number of hydrogen-bond acceptors (Lipinski definition) is 4. The number of benzene rings is 1. The van der Waals surface area contributed by atoms with Crippen LogP contribution in [0.1, 0.15) is 32.2 Å². The van der Waals surface area contributed by atoms with Gasteiger partial charge in [0, 0.05) is 12.7 Å². The van der Waals surface area contributed by atoms with Gasteiger partial charge in [0.25, 0.3) is 11.8 Å². The van der Waals surface area contributed by atoms with Gasteiger partial charge in [-0.15, -0.1) is 0 Å². The first-order valence-electron chi connectivity index (χ1n) is 6.85. The first-order chi connectivity index (χ1) is 11.0. The third-order valence-corrected chi connectivity index (χ3v) is 3.63. The topological polar surface area (TPSA) is 89.2 Å². The lowest BCUT2D eigenvalue weighted by Crippen LogP contribution is -2.38. The highest BCUT2D eigenvalue weighted by atomic mass is 19.1. The molecular weight excluding hydrogens is 306 g/mol. The van der Waals surface area contributed by atoms with Crippen LogP contribution in [0.2, 0.25) is 0 Å². The standard InChI is InChI=1S/C15H12F2N4O2/c16-9-2-1-3-10(17)12(9)15(23)21-5-4-8-6-19-14(13(18)22)20-11(8)7-21/h1-3,6H,4-5,7H2,(H2,18,22). The number of aromatic nitrogens is 2. The van der Waals surface area contributed by atoms with Crippen LogP contribution in [0.15, 0.2) is 24.4 Å². The molecule has 0 saturated heterocycles. The lowest BCUT2D eigenvalue weighted by Gasteiger charge is -2.28. The minimum Gasteiger partial charge on any atom is -0.363 e. The van der Waals surface area contributed by atoms with Crippen molar-refractivity contribution in [2.45, 2.75) is 13.0 Å². The maximum atomic E-state index is 13.7. The van der Waals surface area contributed by atoms with E-state index in [1.165, 1.54) is 17.2 Å². The first-order valence-corrected chi connectivity index (χ1v) is 6.85. The van der Waals surface area contributed by atoms with E-state index in [-0.39, 0.29) is 18.9 Å². The molecule has 2 aromatic rings. The Hall–Kier alpha value is -2.90. The van der Waals surface area contributed by atoms with Crippen molar-refractivity contribution in [1.29, 1.82) is 0 Å². The quantitative estimate of drug-likeness (QED) is 0.896. The number of carbonyl (C=O) groups excluding carboxylic acids is 2. The molecule has 2 heterocycles. The second kappa shape index (κ2) is 5.71. The number of halogens is 2. The zero-order chi connectivity index (χ0) is 16.6. The average Bonchev–Trinajstić information content (AvgIpc) is 2.53. The monoisotopic (exact) mass is 318 g/mol. The van der Waals surface area contributed by atoms with Gasteiger partial charge in [0.05, 0.1) is 12.2 Å². The van der Waals surface area contributed by atoms with Gasteiger partial charge in [0.15, 0.2) is 0 Å². The third kappa shape index (κ3) is 2.75. The second-order valence-corrected chi connectivity index (χ2v) is 5.10. The van der Waals surface area contributed by atoms with E-state index in [0.29, 0.717) is 12.1 Å². The summed E-state index contributed by atoms with van der Waals surface area (Å²) in [5.74, 6) is -3.53. The molecular formula is C15H12F2N4O2. The van der Waals surface area contributed by atoms with Gasteiger partial charge in [0.1, 0.15) is 17.2 Å². The zero-order valence-corrected chi connectivity index (χ0v) is 11.9. The number of fused-ring (bicyclic) bond motifs is 1. The van der Waals surface area contributed by atoms with Crippen LogP contribution in [0, 0.1) is 11.6 Å². The number of nitrogens with two attached hydrogens (primary N) is 1. The van der Waals surface area contributed by atoms with Gasteiger partial charge in [0.2, 0.25) is 5.82 Å². The van der Waals surface area contributed by atoms with Gasteiger partial charge in [-0.3, -0.25) is 9.59 Å². The molecule has 0 fully saturated rings. The molecule has 23 heavy (non-hydrogen) atoms. The van der Waals surface area contributed by atoms with Crippen LogP contribution in [0.25, 0.3) is 0 Å². The highest BCUT2D eigenvalue weighted by Crippen LogP contribution is 2.21. The smallest absolute Gasteiger partial charge is 0.286 e. The highest BCUT2D eigenvalue weighted by molar-refractivity contribution is 5.95. The summed E-state index contributed by atoms with van der Waals surface area (Å²) < 4.78 is 27.5. The largest absolute Gasteiger partial charge is 0.363 e. The molecule has 1 aliphatic heterocycles. The number of carbonyl (C=O) groups is 2. The van der Waals surface area contributed by atoms with Crippen molar-refractivity contribution in [3.05, 3.63) is 58.7 Å². The van der Waals surface area contributed by atoms with E-state index in [1.807, 2.05) is 0 Å². The van der Waals surface area contributed by atoms with Gasteiger partial charge in [-0.05, 0) is 24.1 Å². The summed E-state index contributed by atoms with van der Waals surface area (Å²) in [6.45, 7) is 0.309. The number of amides is 2. The number of hydrogen-bond donors (Lipinski definition) is 1. The van der Waals surface area contributed by atoms with Crippen LogP contribution in [0.5, 0.6) is 0 Å². The number of nitrogens with zero attached hydrogens (tertiary/aromatic N) is 3. The molecule has 6 nitrogen and oxygen atoms in total. The van der Waals surface area contributed by atoms with Crippen molar-refractivity contribution in [1.82, 2.24) is 14.9 Å². The SMILES string of the molecule is NC(=O)c1ncc2c(n1)CN(C(=O)c1c(F)cccc1F)CC2. The van der Waals surface area contributed by atoms with Gasteiger partial charge < -0.3 is 10.6 Å². The zero-order valence-electron chi connectivity index (χ0n) is 11.9. The first kappa shape index (κ1) is 15.0. The number of primary amides is 1. The van der Waals surface area contributed by atoms with Crippen molar-refractivity contribution in [2.24, 2.45) is 5.73 Å². The van der Waals surface area contributed by atoms with Crippen LogP contribution in [-0.2, 0) is 13.0 Å². The summed E-state index contributed by atoms with van der Waals surface area (Å²) in [6.07, 6.45) is 1.91. The van der Waals surface area contributed by atoms with E-state index in [2.05, 4.69) is 9.97 Å². The Morgan fingerprint density at radius 3 is 2.57 bits per heavy atom. The van der Waals surface area contributed by atoms with Crippen molar-refractivity contribution >= 4 is 11.8 Å². The highest BCUT2D eigenvalue weighted by Gasteiger charge is 2.27. The minimum absolute atomic E-state index is 0.0325. The van der Waals surface area contributed by atoms with Gasteiger partial charge in [-0.1, -0.05) is 6.07 Å². The van der Waals surface area contributed by atoms with Crippen LogP contribution in [-0.4, -0.2) is 33.2 Å². The Morgan fingerprint density at radius 1 is 1.22 bits per heavy atom. The van der Waals surface area contributed by atoms with Crippen LogP contribution < -0.4 is 5.73 Å². The summed E-state index contributed by atoms with van der Waals surface area (Å²) >= 11 is 0. The fourth-order valence-corrected chi connectivity index (χ4v) is 2.46. The predicted octanol–water partition coefficient (Wildman–Crippen LogP) is 1.05. The van der Waals surface area contributed by atoms with Crippen molar-refractivity contribution < 1.29 is 18.4 Å². The minimum atomic E-state index is -0.915. The average molecular weight is 318 g/mol. The van der Waals surface area contributed by atoms with E-state index in [9.17, 15) is 18.4 Å². The third-order valence-electron chi connectivity index (χ3n) is 3.63.